The molecule has 7 nitrogen and oxygen atoms in total. The van der Waals surface area contributed by atoms with Crippen LogP contribution in [0.3, 0.4) is 0 Å². The predicted molar refractivity (Wildman–Crippen MR) is 102 cm³/mol. The average molecular weight is 411 g/mol. The number of carbonyl (C=O) groups excluding carboxylic acids is 1. The molecule has 27 heavy (non-hydrogen) atoms. The number of amides is 1. The lowest BCUT2D eigenvalue weighted by molar-refractivity contribution is -0.131. The lowest BCUT2D eigenvalue weighted by atomic mass is 10.1. The van der Waals surface area contributed by atoms with Crippen molar-refractivity contribution in [2.75, 3.05) is 30.4 Å². The molecule has 0 bridgehead atoms. The normalized spacial score (nSPS) is 24.4. The van der Waals surface area contributed by atoms with Crippen LogP contribution in [0, 0.1) is 0 Å². The predicted octanol–water partition coefficient (Wildman–Crippen LogP) is 2.11. The van der Waals surface area contributed by atoms with Crippen LogP contribution in [0.1, 0.15) is 19.3 Å². The number of sulfone groups is 1. The van der Waals surface area contributed by atoms with E-state index in [1.807, 2.05) is 24.3 Å². The minimum Gasteiger partial charge on any atom is -0.431 e. The maximum atomic E-state index is 12.9. The van der Waals surface area contributed by atoms with E-state index in [4.69, 9.17) is 9.15 Å². The molecule has 4 rings (SSSR count). The zero-order chi connectivity index (χ0) is 18.9. The number of thioether (sulfide) groups is 1. The Hall–Kier alpha value is -1.58. The van der Waals surface area contributed by atoms with E-state index < -0.39 is 9.84 Å². The molecule has 0 radical (unpaired) electrons. The van der Waals surface area contributed by atoms with E-state index in [-0.39, 0.29) is 35.3 Å². The minimum absolute atomic E-state index is 0.00780. The number of para-hydroxylation sites is 2. The van der Waals surface area contributed by atoms with Gasteiger partial charge in [-0.25, -0.2) is 13.4 Å². The fraction of sp³-hybridized carbons (Fsp3) is 0.556. The van der Waals surface area contributed by atoms with E-state index >= 15 is 0 Å². The van der Waals surface area contributed by atoms with Crippen molar-refractivity contribution >= 4 is 38.6 Å². The van der Waals surface area contributed by atoms with E-state index in [0.29, 0.717) is 30.4 Å². The Balaban J connectivity index is 1.44. The average Bonchev–Trinajstić information content (AvgIpc) is 3.36. The molecule has 1 aromatic carbocycles. The van der Waals surface area contributed by atoms with Crippen molar-refractivity contribution in [3.63, 3.8) is 0 Å². The van der Waals surface area contributed by atoms with Crippen molar-refractivity contribution in [1.82, 2.24) is 9.88 Å². The van der Waals surface area contributed by atoms with Crippen LogP contribution in [0.5, 0.6) is 0 Å². The van der Waals surface area contributed by atoms with Crippen LogP contribution >= 0.6 is 11.8 Å². The van der Waals surface area contributed by atoms with E-state index in [9.17, 15) is 13.2 Å². The Morgan fingerprint density at radius 1 is 1.30 bits per heavy atom. The lowest BCUT2D eigenvalue weighted by Gasteiger charge is -2.30. The van der Waals surface area contributed by atoms with Gasteiger partial charge in [0, 0.05) is 19.2 Å². The van der Waals surface area contributed by atoms with Crippen LogP contribution in [-0.2, 0) is 19.4 Å². The summed E-state index contributed by atoms with van der Waals surface area (Å²) in [7, 11) is -3.06. The summed E-state index contributed by atoms with van der Waals surface area (Å²) in [5.41, 5.74) is 1.44. The topological polar surface area (TPSA) is 89.7 Å². The van der Waals surface area contributed by atoms with Gasteiger partial charge in [0.1, 0.15) is 5.52 Å². The second kappa shape index (κ2) is 7.81. The zero-order valence-corrected chi connectivity index (χ0v) is 16.5. The Morgan fingerprint density at radius 2 is 2.15 bits per heavy atom. The summed E-state index contributed by atoms with van der Waals surface area (Å²) in [6, 6.07) is 7.18. The standard InChI is InChI=1S/C18H22N2O5S2/c21-17(11-26-18-19-15-5-1-2-6-16(15)25-18)20(10-14-4-3-8-24-14)13-7-9-27(22,23)12-13/h1-2,5-6,13-14H,3-4,7-12H2/t13-,14+/m0/s1. The zero-order valence-electron chi connectivity index (χ0n) is 14.9. The molecule has 0 aliphatic carbocycles. The second-order valence-corrected chi connectivity index (χ2v) is 10.1. The summed E-state index contributed by atoms with van der Waals surface area (Å²) in [5, 5.41) is 0.445. The molecule has 9 heteroatoms. The Labute approximate surface area is 162 Å². The number of nitrogens with zero attached hydrogens (tertiary/aromatic N) is 2. The number of carbonyl (C=O) groups is 1. The molecule has 2 saturated heterocycles. The first kappa shape index (κ1) is 18.8. The van der Waals surface area contributed by atoms with Gasteiger partial charge in [-0.2, -0.15) is 0 Å². The molecule has 0 N–H and O–H groups in total. The fourth-order valence-corrected chi connectivity index (χ4v) is 6.06. The number of aromatic nitrogens is 1. The van der Waals surface area contributed by atoms with E-state index in [1.165, 1.54) is 11.8 Å². The molecule has 3 heterocycles. The van der Waals surface area contributed by atoms with Crippen LogP contribution < -0.4 is 0 Å². The summed E-state index contributed by atoms with van der Waals surface area (Å²) in [6.07, 6.45) is 2.37. The molecule has 1 amide bonds. The molecular weight excluding hydrogens is 388 g/mol. The number of fused-ring (bicyclic) bond motifs is 1. The summed E-state index contributed by atoms with van der Waals surface area (Å²) in [5.74, 6) is 0.250. The van der Waals surface area contributed by atoms with Gasteiger partial charge >= 0.3 is 0 Å². The van der Waals surface area contributed by atoms with Gasteiger partial charge in [0.2, 0.25) is 5.91 Å². The monoisotopic (exact) mass is 410 g/mol. The maximum Gasteiger partial charge on any atom is 0.257 e. The number of benzene rings is 1. The smallest absolute Gasteiger partial charge is 0.257 e. The number of hydrogen-bond acceptors (Lipinski definition) is 7. The van der Waals surface area contributed by atoms with E-state index in [2.05, 4.69) is 4.98 Å². The van der Waals surface area contributed by atoms with Gasteiger partial charge in [0.25, 0.3) is 5.22 Å². The van der Waals surface area contributed by atoms with E-state index in [1.54, 1.807) is 4.90 Å². The number of oxazole rings is 1. The Morgan fingerprint density at radius 3 is 2.85 bits per heavy atom. The molecule has 0 unspecified atom stereocenters. The quantitative estimate of drug-likeness (QED) is 0.674. The minimum atomic E-state index is -3.06. The Bertz CT molecular complexity index is 888. The third-order valence-electron chi connectivity index (χ3n) is 4.99. The van der Waals surface area contributed by atoms with Crippen molar-refractivity contribution < 1.29 is 22.4 Å². The van der Waals surface area contributed by atoms with Gasteiger partial charge < -0.3 is 14.1 Å². The lowest BCUT2D eigenvalue weighted by Crippen LogP contribution is -2.46. The van der Waals surface area contributed by atoms with Crippen LogP contribution in [0.2, 0.25) is 0 Å². The molecule has 1 aromatic heterocycles. The van der Waals surface area contributed by atoms with Gasteiger partial charge in [0.05, 0.1) is 23.4 Å². The second-order valence-electron chi connectivity index (χ2n) is 6.97. The summed E-state index contributed by atoms with van der Waals surface area (Å²) < 4.78 is 35.1. The molecule has 2 aromatic rings. The molecule has 2 fully saturated rings. The number of rotatable bonds is 6. The highest BCUT2D eigenvalue weighted by Crippen LogP contribution is 2.26. The highest BCUT2D eigenvalue weighted by molar-refractivity contribution is 7.99. The summed E-state index contributed by atoms with van der Waals surface area (Å²) >= 11 is 1.24. The highest BCUT2D eigenvalue weighted by atomic mass is 32.2. The molecule has 146 valence electrons. The first-order valence-corrected chi connectivity index (χ1v) is 11.9. The van der Waals surface area contributed by atoms with Crippen molar-refractivity contribution in [3.05, 3.63) is 24.3 Å². The SMILES string of the molecule is O=C(CSc1nc2ccccc2o1)N(C[C@H]1CCCO1)[C@H]1CCS(=O)(=O)C1. The largest absolute Gasteiger partial charge is 0.431 e. The van der Waals surface area contributed by atoms with Crippen LogP contribution in [0.25, 0.3) is 11.1 Å². The van der Waals surface area contributed by atoms with Crippen LogP contribution in [0.15, 0.2) is 33.9 Å². The fourth-order valence-electron chi connectivity index (χ4n) is 3.60. The van der Waals surface area contributed by atoms with Crippen molar-refractivity contribution in [2.45, 2.75) is 36.6 Å². The van der Waals surface area contributed by atoms with Gasteiger partial charge in [-0.1, -0.05) is 23.9 Å². The van der Waals surface area contributed by atoms with Crippen molar-refractivity contribution in [3.8, 4) is 0 Å². The van der Waals surface area contributed by atoms with E-state index in [0.717, 1.165) is 18.4 Å². The first-order valence-electron chi connectivity index (χ1n) is 9.10. The Kier molecular flexibility index (Phi) is 5.43. The van der Waals surface area contributed by atoms with Gasteiger partial charge in [-0.3, -0.25) is 4.79 Å². The summed E-state index contributed by atoms with van der Waals surface area (Å²) in [4.78, 5) is 19.0. The maximum absolute atomic E-state index is 12.9. The molecule has 0 saturated carbocycles. The summed E-state index contributed by atoms with van der Waals surface area (Å²) in [6.45, 7) is 1.15. The number of hydrogen-bond donors (Lipinski definition) is 0. The third-order valence-corrected chi connectivity index (χ3v) is 7.55. The highest BCUT2D eigenvalue weighted by Gasteiger charge is 2.36. The van der Waals surface area contributed by atoms with Gasteiger partial charge in [-0.05, 0) is 31.4 Å². The molecule has 2 aliphatic rings. The number of ether oxygens (including phenoxy) is 1. The molecule has 2 aliphatic heterocycles. The van der Waals surface area contributed by atoms with Crippen LogP contribution in [0.4, 0.5) is 0 Å². The molecular formula is C18H22N2O5S2. The van der Waals surface area contributed by atoms with Crippen LogP contribution in [-0.4, -0.2) is 66.8 Å². The van der Waals surface area contributed by atoms with Crippen molar-refractivity contribution in [1.29, 1.82) is 0 Å². The molecule has 0 spiro atoms. The van der Waals surface area contributed by atoms with Crippen molar-refractivity contribution in [2.24, 2.45) is 0 Å². The van der Waals surface area contributed by atoms with Gasteiger partial charge in [-0.15, -0.1) is 0 Å². The third kappa shape index (κ3) is 4.47. The first-order chi connectivity index (χ1) is 13.0. The molecule has 2 atom stereocenters. The van der Waals surface area contributed by atoms with Gasteiger partial charge in [0.15, 0.2) is 15.4 Å².